The Bertz CT molecular complexity index is 239. The minimum absolute atomic E-state index is 0.105. The van der Waals surface area contributed by atoms with Crippen LogP contribution in [0.15, 0.2) is 0 Å². The second-order valence-electron chi connectivity index (χ2n) is 3.81. The van der Waals surface area contributed by atoms with Crippen molar-refractivity contribution in [1.29, 1.82) is 0 Å². The van der Waals surface area contributed by atoms with E-state index in [9.17, 15) is 9.59 Å². The van der Waals surface area contributed by atoms with Gasteiger partial charge in [0.1, 0.15) is 0 Å². The van der Waals surface area contributed by atoms with Crippen molar-refractivity contribution in [3.05, 3.63) is 0 Å². The van der Waals surface area contributed by atoms with Crippen molar-refractivity contribution in [3.63, 3.8) is 0 Å². The predicted octanol–water partition coefficient (Wildman–Crippen LogP) is -1.25. The van der Waals surface area contributed by atoms with Gasteiger partial charge < -0.3 is 21.1 Å². The number of ether oxygens (including phenoxy) is 1. The van der Waals surface area contributed by atoms with E-state index in [1.807, 2.05) is 0 Å². The van der Waals surface area contributed by atoms with Crippen LogP contribution in [0, 0.1) is 0 Å². The molecule has 1 aliphatic heterocycles. The highest BCUT2D eigenvalue weighted by molar-refractivity contribution is 5.83. The lowest BCUT2D eigenvalue weighted by Crippen LogP contribution is -2.35. The average molecular weight is 229 g/mol. The number of hydrogen-bond acceptors (Lipinski definition) is 4. The molecule has 0 aromatic rings. The van der Waals surface area contributed by atoms with E-state index in [4.69, 9.17) is 10.5 Å². The molecule has 6 nitrogen and oxygen atoms in total. The molecule has 4 N–H and O–H groups in total. The number of carbonyl (C=O) groups excluding carboxylic acids is 2. The minimum Gasteiger partial charge on any atom is -0.378 e. The molecule has 0 aromatic carbocycles. The summed E-state index contributed by atoms with van der Waals surface area (Å²) in [6.45, 7) is 2.23. The Labute approximate surface area is 94.9 Å². The lowest BCUT2D eigenvalue weighted by molar-refractivity contribution is -0.126. The van der Waals surface area contributed by atoms with Gasteiger partial charge in [-0.05, 0) is 25.9 Å². The normalized spacial score (nSPS) is 17.0. The van der Waals surface area contributed by atoms with E-state index in [0.717, 1.165) is 25.9 Å². The highest BCUT2D eigenvalue weighted by Gasteiger charge is 2.13. The van der Waals surface area contributed by atoms with E-state index in [1.54, 1.807) is 0 Å². The van der Waals surface area contributed by atoms with Gasteiger partial charge in [-0.15, -0.1) is 0 Å². The molecule has 1 heterocycles. The molecule has 0 spiro atoms. The van der Waals surface area contributed by atoms with Crippen LogP contribution in [-0.4, -0.2) is 44.2 Å². The molecule has 0 aliphatic carbocycles. The maximum Gasteiger partial charge on any atom is 0.236 e. The molecule has 0 radical (unpaired) electrons. The van der Waals surface area contributed by atoms with E-state index < -0.39 is 5.91 Å². The van der Waals surface area contributed by atoms with Gasteiger partial charge in [0.05, 0.1) is 19.3 Å². The number of piperidine rings is 1. The van der Waals surface area contributed by atoms with Crippen molar-refractivity contribution in [2.24, 2.45) is 5.73 Å². The molecule has 1 rings (SSSR count). The zero-order valence-electron chi connectivity index (χ0n) is 9.33. The van der Waals surface area contributed by atoms with Crippen LogP contribution in [0.1, 0.15) is 19.3 Å². The first-order valence-electron chi connectivity index (χ1n) is 5.56. The molecular weight excluding hydrogens is 210 g/mol. The van der Waals surface area contributed by atoms with Crippen molar-refractivity contribution in [1.82, 2.24) is 10.6 Å². The smallest absolute Gasteiger partial charge is 0.236 e. The Kier molecular flexibility index (Phi) is 5.81. The molecule has 2 amide bonds. The monoisotopic (exact) mass is 229 g/mol. The van der Waals surface area contributed by atoms with Gasteiger partial charge >= 0.3 is 0 Å². The Morgan fingerprint density at radius 3 is 2.69 bits per heavy atom. The average Bonchev–Trinajstić information content (AvgIpc) is 2.28. The van der Waals surface area contributed by atoms with Crippen molar-refractivity contribution in [2.45, 2.75) is 25.4 Å². The number of rotatable bonds is 6. The summed E-state index contributed by atoms with van der Waals surface area (Å²) in [7, 11) is 0. The van der Waals surface area contributed by atoms with Crippen LogP contribution in [0.25, 0.3) is 0 Å². The Balaban J connectivity index is 2.01. The van der Waals surface area contributed by atoms with Crippen LogP contribution in [-0.2, 0) is 14.3 Å². The van der Waals surface area contributed by atoms with Crippen LogP contribution in [0.2, 0.25) is 0 Å². The first kappa shape index (κ1) is 12.9. The molecule has 0 saturated carbocycles. The molecule has 0 bridgehead atoms. The van der Waals surface area contributed by atoms with Crippen LogP contribution in [0.5, 0.6) is 0 Å². The Morgan fingerprint density at radius 1 is 1.38 bits per heavy atom. The molecule has 0 unspecified atom stereocenters. The van der Waals surface area contributed by atoms with Gasteiger partial charge in [-0.1, -0.05) is 0 Å². The van der Waals surface area contributed by atoms with Gasteiger partial charge in [-0.25, -0.2) is 0 Å². The van der Waals surface area contributed by atoms with Gasteiger partial charge in [0.15, 0.2) is 0 Å². The number of nitrogens with two attached hydrogens (primary N) is 1. The van der Waals surface area contributed by atoms with E-state index in [1.165, 1.54) is 0 Å². The number of carbonyl (C=O) groups is 2. The lowest BCUT2D eigenvalue weighted by atomic mass is 10.1. The fourth-order valence-electron chi connectivity index (χ4n) is 1.55. The topological polar surface area (TPSA) is 93.5 Å². The van der Waals surface area contributed by atoms with Crippen molar-refractivity contribution in [2.75, 3.05) is 26.2 Å². The van der Waals surface area contributed by atoms with Crippen molar-refractivity contribution in [3.8, 4) is 0 Å². The summed E-state index contributed by atoms with van der Waals surface area (Å²) in [5.41, 5.74) is 4.89. The summed E-state index contributed by atoms with van der Waals surface area (Å²) >= 11 is 0. The summed E-state index contributed by atoms with van der Waals surface area (Å²) in [6, 6.07) is 0. The summed E-state index contributed by atoms with van der Waals surface area (Å²) in [5.74, 6) is -0.736. The molecular formula is C10H19N3O3. The van der Waals surface area contributed by atoms with Gasteiger partial charge in [0.2, 0.25) is 11.8 Å². The first-order valence-corrected chi connectivity index (χ1v) is 5.56. The van der Waals surface area contributed by atoms with Crippen molar-refractivity contribution >= 4 is 11.8 Å². The second kappa shape index (κ2) is 7.19. The summed E-state index contributed by atoms with van der Waals surface area (Å²) in [5, 5.41) is 5.65. The number of nitrogens with one attached hydrogen (secondary N) is 2. The maximum absolute atomic E-state index is 11.2. The quantitative estimate of drug-likeness (QED) is 0.530. The van der Waals surface area contributed by atoms with Crippen LogP contribution in [0.4, 0.5) is 0 Å². The third-order valence-corrected chi connectivity index (χ3v) is 2.43. The second-order valence-corrected chi connectivity index (χ2v) is 3.81. The predicted molar refractivity (Wildman–Crippen MR) is 58.7 cm³/mol. The van der Waals surface area contributed by atoms with Gasteiger partial charge in [0, 0.05) is 6.42 Å². The highest BCUT2D eigenvalue weighted by Crippen LogP contribution is 2.07. The third kappa shape index (κ3) is 5.67. The SMILES string of the molecule is NC(=O)CNC(=O)CCOC1CCNCC1. The molecule has 16 heavy (non-hydrogen) atoms. The fraction of sp³-hybridized carbons (Fsp3) is 0.800. The molecule has 0 aromatic heterocycles. The Hall–Kier alpha value is -1.14. The van der Waals surface area contributed by atoms with E-state index in [-0.39, 0.29) is 25.0 Å². The fourth-order valence-corrected chi connectivity index (χ4v) is 1.55. The third-order valence-electron chi connectivity index (χ3n) is 2.43. The Morgan fingerprint density at radius 2 is 2.06 bits per heavy atom. The van der Waals surface area contributed by atoms with E-state index in [2.05, 4.69) is 10.6 Å². The summed E-state index contributed by atoms with van der Waals surface area (Å²) in [6.07, 6.45) is 2.51. The molecule has 1 fully saturated rings. The van der Waals surface area contributed by atoms with E-state index in [0.29, 0.717) is 6.61 Å². The number of hydrogen-bond donors (Lipinski definition) is 3. The van der Waals surface area contributed by atoms with E-state index >= 15 is 0 Å². The van der Waals surface area contributed by atoms with Crippen molar-refractivity contribution < 1.29 is 14.3 Å². The van der Waals surface area contributed by atoms with Crippen LogP contribution < -0.4 is 16.4 Å². The number of amides is 2. The number of primary amides is 1. The molecule has 6 heteroatoms. The zero-order chi connectivity index (χ0) is 11.8. The molecule has 1 saturated heterocycles. The molecule has 0 atom stereocenters. The lowest BCUT2D eigenvalue weighted by Gasteiger charge is -2.22. The van der Waals surface area contributed by atoms with Gasteiger partial charge in [-0.2, -0.15) is 0 Å². The summed E-state index contributed by atoms with van der Waals surface area (Å²) < 4.78 is 5.54. The minimum atomic E-state index is -0.535. The van der Waals surface area contributed by atoms with Crippen LogP contribution in [0.3, 0.4) is 0 Å². The zero-order valence-corrected chi connectivity index (χ0v) is 9.33. The maximum atomic E-state index is 11.2. The summed E-state index contributed by atoms with van der Waals surface area (Å²) in [4.78, 5) is 21.6. The molecule has 92 valence electrons. The standard InChI is InChI=1S/C10H19N3O3/c11-9(14)7-13-10(15)3-6-16-8-1-4-12-5-2-8/h8,12H,1-7H2,(H2,11,14)(H,13,15). The first-order chi connectivity index (χ1) is 7.68. The largest absolute Gasteiger partial charge is 0.378 e. The van der Waals surface area contributed by atoms with Crippen LogP contribution >= 0.6 is 0 Å². The highest BCUT2D eigenvalue weighted by atomic mass is 16.5. The molecule has 1 aliphatic rings. The van der Waals surface area contributed by atoms with Gasteiger partial charge in [0.25, 0.3) is 0 Å². The van der Waals surface area contributed by atoms with Gasteiger partial charge in [-0.3, -0.25) is 9.59 Å².